The molecule has 0 radical (unpaired) electrons. The molecule has 0 saturated carbocycles. The number of carbonyl (C=O) groups excluding carboxylic acids is 2. The normalized spacial score (nSPS) is 13.0. The van der Waals surface area contributed by atoms with Crippen molar-refractivity contribution in [3.05, 3.63) is 108 Å². The quantitative estimate of drug-likeness (QED) is 0.411. The highest BCUT2D eigenvalue weighted by molar-refractivity contribution is 7.88. The predicted molar refractivity (Wildman–Crippen MR) is 131 cm³/mol. The van der Waals surface area contributed by atoms with E-state index in [0.717, 1.165) is 17.4 Å². The van der Waals surface area contributed by atoms with E-state index >= 15 is 0 Å². The maximum atomic E-state index is 12.9. The summed E-state index contributed by atoms with van der Waals surface area (Å²) < 4.78 is 31.6. The molecule has 0 spiro atoms. The van der Waals surface area contributed by atoms with Crippen LogP contribution in [0, 0.1) is 0 Å². The summed E-state index contributed by atoms with van der Waals surface area (Å²) in [6.07, 6.45) is 1.58. The minimum atomic E-state index is -3.65. The Hall–Kier alpha value is -3.49. The average molecular weight is 481 g/mol. The molecular weight excluding hydrogens is 452 g/mol. The highest BCUT2D eigenvalue weighted by Gasteiger charge is 2.26. The Labute approximate surface area is 200 Å². The van der Waals surface area contributed by atoms with Gasteiger partial charge in [0.2, 0.25) is 10.0 Å². The Morgan fingerprint density at radius 3 is 1.82 bits per heavy atom. The summed E-state index contributed by atoms with van der Waals surface area (Å²) in [5.41, 5.74) is 2.25. The lowest BCUT2D eigenvalue weighted by atomic mass is 10.1. The van der Waals surface area contributed by atoms with Crippen LogP contribution in [-0.2, 0) is 32.4 Å². The first-order valence-electron chi connectivity index (χ1n) is 10.9. The molecule has 178 valence electrons. The van der Waals surface area contributed by atoms with Crippen LogP contribution in [0.3, 0.4) is 0 Å². The van der Waals surface area contributed by atoms with Gasteiger partial charge in [-0.2, -0.15) is 0 Å². The summed E-state index contributed by atoms with van der Waals surface area (Å²) in [6.45, 7) is -0.108. The zero-order valence-corrected chi connectivity index (χ0v) is 19.7. The Morgan fingerprint density at radius 1 is 0.794 bits per heavy atom. The van der Waals surface area contributed by atoms with E-state index in [1.54, 1.807) is 24.3 Å². The van der Waals surface area contributed by atoms with Gasteiger partial charge in [-0.1, -0.05) is 78.9 Å². The number of ether oxygens (including phenoxy) is 1. The van der Waals surface area contributed by atoms with Crippen LogP contribution in [0.5, 0.6) is 0 Å². The van der Waals surface area contributed by atoms with Gasteiger partial charge in [0, 0.05) is 5.56 Å². The van der Waals surface area contributed by atoms with E-state index in [1.165, 1.54) is 0 Å². The fourth-order valence-corrected chi connectivity index (χ4v) is 4.17. The first kappa shape index (κ1) is 25.1. The van der Waals surface area contributed by atoms with E-state index < -0.39 is 28.1 Å². The average Bonchev–Trinajstić information content (AvgIpc) is 2.83. The SMILES string of the molecule is CS(=O)(=O)N[C@H](Cc1ccccc1)C(=O)OC[C@H](Cc1ccccc1)NC(=O)c1ccccc1. The lowest BCUT2D eigenvalue weighted by Crippen LogP contribution is -2.45. The van der Waals surface area contributed by atoms with Gasteiger partial charge < -0.3 is 10.1 Å². The van der Waals surface area contributed by atoms with E-state index in [1.807, 2.05) is 66.7 Å². The summed E-state index contributed by atoms with van der Waals surface area (Å²) >= 11 is 0. The highest BCUT2D eigenvalue weighted by atomic mass is 32.2. The highest BCUT2D eigenvalue weighted by Crippen LogP contribution is 2.09. The number of sulfonamides is 1. The Bertz CT molecular complexity index is 1170. The molecule has 0 bridgehead atoms. The van der Waals surface area contributed by atoms with Crippen molar-refractivity contribution in [2.24, 2.45) is 0 Å². The second kappa shape index (κ2) is 12.1. The molecule has 0 aromatic heterocycles. The molecule has 0 fully saturated rings. The minimum Gasteiger partial charge on any atom is -0.462 e. The lowest BCUT2D eigenvalue weighted by molar-refractivity contribution is -0.146. The smallest absolute Gasteiger partial charge is 0.324 e. The molecule has 0 aliphatic heterocycles. The van der Waals surface area contributed by atoms with Crippen molar-refractivity contribution >= 4 is 21.9 Å². The number of amides is 1. The van der Waals surface area contributed by atoms with Gasteiger partial charge in [0.05, 0.1) is 12.3 Å². The topological polar surface area (TPSA) is 102 Å². The molecule has 0 aliphatic carbocycles. The standard InChI is InChI=1S/C26H28N2O5S/c1-34(31,32)28-24(18-21-13-7-3-8-14-21)26(30)33-19-23(17-20-11-5-2-6-12-20)27-25(29)22-15-9-4-10-16-22/h2-16,23-24,28H,17-19H2,1H3,(H,27,29)/t23-,24+/m0/s1. The van der Waals surface area contributed by atoms with Gasteiger partial charge in [-0.3, -0.25) is 9.59 Å². The predicted octanol–water partition coefficient (Wildman–Crippen LogP) is 2.73. The van der Waals surface area contributed by atoms with Crippen LogP contribution in [0.2, 0.25) is 0 Å². The Morgan fingerprint density at radius 2 is 1.29 bits per heavy atom. The molecule has 0 unspecified atom stereocenters. The third-order valence-corrected chi connectivity index (χ3v) is 5.76. The van der Waals surface area contributed by atoms with Crippen molar-refractivity contribution in [1.82, 2.24) is 10.0 Å². The zero-order chi connectivity index (χ0) is 24.4. The van der Waals surface area contributed by atoms with Gasteiger partial charge in [-0.05, 0) is 36.1 Å². The number of hydrogen-bond acceptors (Lipinski definition) is 5. The number of rotatable bonds is 11. The lowest BCUT2D eigenvalue weighted by Gasteiger charge is -2.22. The molecule has 3 aromatic rings. The van der Waals surface area contributed by atoms with E-state index in [2.05, 4.69) is 10.0 Å². The van der Waals surface area contributed by atoms with Crippen molar-refractivity contribution in [1.29, 1.82) is 0 Å². The molecule has 2 atom stereocenters. The van der Waals surface area contributed by atoms with Crippen LogP contribution < -0.4 is 10.0 Å². The van der Waals surface area contributed by atoms with Crippen LogP contribution >= 0.6 is 0 Å². The van der Waals surface area contributed by atoms with E-state index in [-0.39, 0.29) is 18.9 Å². The van der Waals surface area contributed by atoms with E-state index in [0.29, 0.717) is 12.0 Å². The third kappa shape index (κ3) is 8.46. The monoisotopic (exact) mass is 480 g/mol. The fraction of sp³-hybridized carbons (Fsp3) is 0.231. The molecule has 3 aromatic carbocycles. The first-order valence-corrected chi connectivity index (χ1v) is 12.8. The Balaban J connectivity index is 1.71. The van der Waals surface area contributed by atoms with Crippen LogP contribution in [0.25, 0.3) is 0 Å². The maximum Gasteiger partial charge on any atom is 0.324 e. The van der Waals surface area contributed by atoms with Gasteiger partial charge in [-0.15, -0.1) is 0 Å². The molecule has 8 heteroatoms. The van der Waals surface area contributed by atoms with Crippen molar-refractivity contribution < 1.29 is 22.7 Å². The fourth-order valence-electron chi connectivity index (χ4n) is 3.47. The van der Waals surface area contributed by atoms with Gasteiger partial charge in [0.25, 0.3) is 5.91 Å². The summed E-state index contributed by atoms with van der Waals surface area (Å²) in [5, 5.41) is 2.92. The summed E-state index contributed by atoms with van der Waals surface area (Å²) in [7, 11) is -3.65. The summed E-state index contributed by atoms with van der Waals surface area (Å²) in [4.78, 5) is 25.6. The Kier molecular flexibility index (Phi) is 8.95. The van der Waals surface area contributed by atoms with E-state index in [9.17, 15) is 18.0 Å². The van der Waals surface area contributed by atoms with Gasteiger partial charge in [0.1, 0.15) is 12.6 Å². The summed E-state index contributed by atoms with van der Waals surface area (Å²) in [5.74, 6) is -0.992. The number of esters is 1. The molecule has 0 aliphatic rings. The molecule has 7 nitrogen and oxygen atoms in total. The van der Waals surface area contributed by atoms with Crippen molar-refractivity contribution in [3.63, 3.8) is 0 Å². The minimum absolute atomic E-state index is 0.108. The van der Waals surface area contributed by atoms with Crippen LogP contribution in [0.15, 0.2) is 91.0 Å². The molecule has 0 heterocycles. The third-order valence-electron chi connectivity index (χ3n) is 5.05. The summed E-state index contributed by atoms with van der Waals surface area (Å²) in [6, 6.07) is 25.8. The largest absolute Gasteiger partial charge is 0.462 e. The van der Waals surface area contributed by atoms with Crippen LogP contribution in [-0.4, -0.2) is 45.2 Å². The van der Waals surface area contributed by atoms with Crippen LogP contribution in [0.1, 0.15) is 21.5 Å². The van der Waals surface area contributed by atoms with Gasteiger partial charge in [0.15, 0.2) is 0 Å². The van der Waals surface area contributed by atoms with E-state index in [4.69, 9.17) is 4.74 Å². The van der Waals surface area contributed by atoms with Gasteiger partial charge >= 0.3 is 5.97 Å². The molecule has 1 amide bonds. The number of nitrogens with one attached hydrogen (secondary N) is 2. The van der Waals surface area contributed by atoms with Crippen molar-refractivity contribution in [3.8, 4) is 0 Å². The van der Waals surface area contributed by atoms with Crippen molar-refractivity contribution in [2.45, 2.75) is 24.9 Å². The maximum absolute atomic E-state index is 12.9. The van der Waals surface area contributed by atoms with Crippen LogP contribution in [0.4, 0.5) is 0 Å². The second-order valence-electron chi connectivity index (χ2n) is 7.99. The molecular formula is C26H28N2O5S. The number of hydrogen-bond donors (Lipinski definition) is 2. The molecule has 34 heavy (non-hydrogen) atoms. The van der Waals surface area contributed by atoms with Crippen molar-refractivity contribution in [2.75, 3.05) is 12.9 Å². The first-order chi connectivity index (χ1) is 16.3. The number of carbonyl (C=O) groups is 2. The molecule has 3 rings (SSSR count). The van der Waals surface area contributed by atoms with Gasteiger partial charge in [-0.25, -0.2) is 13.1 Å². The number of benzene rings is 3. The molecule has 0 saturated heterocycles. The second-order valence-corrected chi connectivity index (χ2v) is 9.77. The zero-order valence-electron chi connectivity index (χ0n) is 18.9. The molecule has 2 N–H and O–H groups in total.